The van der Waals surface area contributed by atoms with Crippen LogP contribution in [0.1, 0.15) is 26.2 Å². The molecule has 2 rings (SSSR count). The van der Waals surface area contributed by atoms with Crippen LogP contribution in [0.25, 0.3) is 0 Å². The predicted molar refractivity (Wildman–Crippen MR) is 62.0 cm³/mol. The van der Waals surface area contributed by atoms with Crippen LogP contribution >= 0.6 is 0 Å². The molecule has 2 aliphatic carbocycles. The number of rotatable bonds is 3. The summed E-state index contributed by atoms with van der Waals surface area (Å²) >= 11 is 0. The monoisotopic (exact) mass is 186 g/mol. The fourth-order valence-electron chi connectivity index (χ4n) is 2.27. The lowest BCUT2D eigenvalue weighted by Crippen LogP contribution is -2.09. The summed E-state index contributed by atoms with van der Waals surface area (Å²) in [6.45, 7) is 2.26. The molecule has 2 atom stereocenters. The summed E-state index contributed by atoms with van der Waals surface area (Å²) in [5, 5.41) is 0. The van der Waals surface area contributed by atoms with Crippen molar-refractivity contribution < 1.29 is 0 Å². The first-order chi connectivity index (χ1) is 6.92. The highest BCUT2D eigenvalue weighted by Gasteiger charge is 2.21. The van der Waals surface area contributed by atoms with Crippen molar-refractivity contribution in [1.29, 1.82) is 0 Å². The molecule has 0 bridgehead atoms. The van der Waals surface area contributed by atoms with Crippen LogP contribution in [0.2, 0.25) is 0 Å². The lowest BCUT2D eigenvalue weighted by Gasteiger charge is -2.19. The minimum atomic E-state index is 0.650. The number of hydrogen-bond donors (Lipinski definition) is 0. The third kappa shape index (κ3) is 1.89. The van der Waals surface area contributed by atoms with Crippen molar-refractivity contribution in [1.82, 2.24) is 0 Å². The molecule has 0 N–H and O–H groups in total. The van der Waals surface area contributed by atoms with Crippen molar-refractivity contribution in [3.8, 4) is 0 Å². The van der Waals surface area contributed by atoms with E-state index in [-0.39, 0.29) is 0 Å². The summed E-state index contributed by atoms with van der Waals surface area (Å²) in [5.41, 5.74) is 1.48. The first-order valence-electron chi connectivity index (χ1n) is 5.65. The lowest BCUT2D eigenvalue weighted by atomic mass is 9.85. The Bertz CT molecular complexity index is 302. The molecule has 14 heavy (non-hydrogen) atoms. The summed E-state index contributed by atoms with van der Waals surface area (Å²) in [4.78, 5) is 0. The maximum Gasteiger partial charge on any atom is 0.00840 e. The van der Waals surface area contributed by atoms with Gasteiger partial charge in [0.05, 0.1) is 0 Å². The van der Waals surface area contributed by atoms with Crippen LogP contribution in [0.3, 0.4) is 0 Å². The minimum absolute atomic E-state index is 0.650. The van der Waals surface area contributed by atoms with E-state index in [2.05, 4.69) is 49.5 Å². The second kappa shape index (κ2) is 4.45. The molecule has 0 aromatic heterocycles. The van der Waals surface area contributed by atoms with Crippen molar-refractivity contribution in [2.45, 2.75) is 26.2 Å². The Morgan fingerprint density at radius 2 is 2.07 bits per heavy atom. The smallest absolute Gasteiger partial charge is 0.00840 e. The Kier molecular flexibility index (Phi) is 3.03. The zero-order valence-corrected chi connectivity index (χ0v) is 8.82. The topological polar surface area (TPSA) is 0 Å². The second-order valence-electron chi connectivity index (χ2n) is 4.13. The van der Waals surface area contributed by atoms with Gasteiger partial charge in [0.2, 0.25) is 0 Å². The molecular weight excluding hydrogens is 168 g/mol. The van der Waals surface area contributed by atoms with E-state index in [1.54, 1.807) is 0 Å². The van der Waals surface area contributed by atoms with Crippen molar-refractivity contribution >= 4 is 0 Å². The number of hydrogen-bond acceptors (Lipinski definition) is 0. The maximum atomic E-state index is 2.37. The van der Waals surface area contributed by atoms with Crippen LogP contribution in [-0.4, -0.2) is 0 Å². The molecule has 0 amide bonds. The number of unbranched alkanes of at least 4 members (excludes halogenated alkanes) is 1. The van der Waals surface area contributed by atoms with Gasteiger partial charge in [-0.05, 0) is 17.9 Å². The van der Waals surface area contributed by atoms with E-state index in [0.717, 1.165) is 5.92 Å². The summed E-state index contributed by atoms with van der Waals surface area (Å²) < 4.78 is 0. The van der Waals surface area contributed by atoms with Crippen LogP contribution in [0, 0.1) is 11.8 Å². The van der Waals surface area contributed by atoms with Gasteiger partial charge in [-0.3, -0.25) is 0 Å². The van der Waals surface area contributed by atoms with Gasteiger partial charge in [0.15, 0.2) is 0 Å². The Hall–Kier alpha value is -1.04. The van der Waals surface area contributed by atoms with Crippen molar-refractivity contribution in [3.63, 3.8) is 0 Å². The van der Waals surface area contributed by atoms with Crippen molar-refractivity contribution in [2.75, 3.05) is 0 Å². The average molecular weight is 186 g/mol. The molecule has 74 valence electrons. The van der Waals surface area contributed by atoms with E-state index in [0.29, 0.717) is 5.92 Å². The largest absolute Gasteiger partial charge is 0.0805 e. The molecule has 0 fully saturated rings. The third-order valence-corrected chi connectivity index (χ3v) is 3.10. The van der Waals surface area contributed by atoms with Gasteiger partial charge in [0.25, 0.3) is 0 Å². The molecule has 0 aromatic rings. The molecule has 0 radical (unpaired) electrons. The molecule has 0 aliphatic heterocycles. The van der Waals surface area contributed by atoms with Crippen LogP contribution in [-0.2, 0) is 0 Å². The standard InChI is InChI=1S/C14H18/c1-2-3-7-12-8-4-5-9-13-10-6-11-14(12)13/h4-6,8-12,14H,2-3,7H2,1H3. The molecule has 2 unspecified atom stereocenters. The summed E-state index contributed by atoms with van der Waals surface area (Å²) in [5.74, 6) is 1.37. The molecule has 0 heterocycles. The van der Waals surface area contributed by atoms with Gasteiger partial charge < -0.3 is 0 Å². The number of allylic oxidation sites excluding steroid dienone is 8. The fourth-order valence-corrected chi connectivity index (χ4v) is 2.27. The highest BCUT2D eigenvalue weighted by atomic mass is 14.3. The van der Waals surface area contributed by atoms with Gasteiger partial charge in [-0.15, -0.1) is 0 Å². The summed E-state index contributed by atoms with van der Waals surface area (Å²) in [6.07, 6.45) is 19.7. The van der Waals surface area contributed by atoms with Crippen LogP contribution in [0.5, 0.6) is 0 Å². The maximum absolute atomic E-state index is 2.37. The van der Waals surface area contributed by atoms with E-state index in [9.17, 15) is 0 Å². The van der Waals surface area contributed by atoms with Crippen molar-refractivity contribution in [3.05, 3.63) is 48.1 Å². The molecule has 0 aromatic carbocycles. The number of fused-ring (bicyclic) bond motifs is 1. The van der Waals surface area contributed by atoms with E-state index in [1.807, 2.05) is 0 Å². The fraction of sp³-hybridized carbons (Fsp3) is 0.429. The first kappa shape index (κ1) is 9.51. The van der Waals surface area contributed by atoms with E-state index in [1.165, 1.54) is 24.8 Å². The molecular formula is C14H18. The lowest BCUT2D eigenvalue weighted by molar-refractivity contribution is 0.485. The molecule has 0 saturated heterocycles. The first-order valence-corrected chi connectivity index (χ1v) is 5.65. The van der Waals surface area contributed by atoms with E-state index >= 15 is 0 Å². The Balaban J connectivity index is 2.09. The van der Waals surface area contributed by atoms with Crippen LogP contribution < -0.4 is 0 Å². The van der Waals surface area contributed by atoms with Gasteiger partial charge in [-0.2, -0.15) is 0 Å². The van der Waals surface area contributed by atoms with Gasteiger partial charge >= 0.3 is 0 Å². The van der Waals surface area contributed by atoms with Gasteiger partial charge in [-0.25, -0.2) is 0 Å². The van der Waals surface area contributed by atoms with Gasteiger partial charge in [0, 0.05) is 5.92 Å². The van der Waals surface area contributed by atoms with Gasteiger partial charge in [-0.1, -0.05) is 62.3 Å². The zero-order valence-electron chi connectivity index (χ0n) is 8.82. The zero-order chi connectivity index (χ0) is 9.80. The van der Waals surface area contributed by atoms with E-state index < -0.39 is 0 Å². The molecule has 0 heteroatoms. The summed E-state index contributed by atoms with van der Waals surface area (Å²) in [6, 6.07) is 0. The Labute approximate surface area is 86.7 Å². The molecule has 0 saturated carbocycles. The third-order valence-electron chi connectivity index (χ3n) is 3.10. The highest BCUT2D eigenvalue weighted by molar-refractivity contribution is 5.39. The quantitative estimate of drug-likeness (QED) is 0.624. The molecule has 2 aliphatic rings. The van der Waals surface area contributed by atoms with Crippen LogP contribution in [0.15, 0.2) is 48.1 Å². The summed E-state index contributed by atoms with van der Waals surface area (Å²) in [7, 11) is 0. The normalized spacial score (nSPS) is 28.8. The predicted octanol–water partition coefficient (Wildman–Crippen LogP) is 4.03. The van der Waals surface area contributed by atoms with Crippen LogP contribution in [0.4, 0.5) is 0 Å². The SMILES string of the molecule is CCCCC1C=CC=CC2=CC=CC21. The molecule has 0 spiro atoms. The van der Waals surface area contributed by atoms with E-state index in [4.69, 9.17) is 0 Å². The average Bonchev–Trinajstić information content (AvgIpc) is 2.58. The Morgan fingerprint density at radius 3 is 2.93 bits per heavy atom. The van der Waals surface area contributed by atoms with Crippen molar-refractivity contribution in [2.24, 2.45) is 11.8 Å². The van der Waals surface area contributed by atoms with Gasteiger partial charge in [0.1, 0.15) is 0 Å². The second-order valence-corrected chi connectivity index (χ2v) is 4.13. The molecule has 0 nitrogen and oxygen atoms in total. The Morgan fingerprint density at radius 1 is 1.14 bits per heavy atom. The highest BCUT2D eigenvalue weighted by Crippen LogP contribution is 2.33. The minimum Gasteiger partial charge on any atom is -0.0805 e.